The maximum Gasteiger partial charge on any atom is 0.417 e. The molecule has 4 bridgehead atoms. The number of alkyl halides is 3. The molecule has 4 saturated carbocycles. The second-order valence-corrected chi connectivity index (χ2v) is 12.3. The lowest BCUT2D eigenvalue weighted by molar-refractivity contribution is -0.138. The molecule has 0 radical (unpaired) electrons. The van der Waals surface area contributed by atoms with E-state index >= 15 is 0 Å². The molecule has 2 heterocycles. The highest BCUT2D eigenvalue weighted by atomic mass is 19.4. The molecule has 10 heteroatoms. The largest absolute Gasteiger partial charge is 0.417 e. The van der Waals surface area contributed by atoms with Crippen LogP contribution in [0.2, 0.25) is 0 Å². The van der Waals surface area contributed by atoms with Gasteiger partial charge in [-0.05, 0) is 88.2 Å². The minimum Gasteiger partial charge on any atom is -0.393 e. The third-order valence-electron chi connectivity index (χ3n) is 9.85. The Morgan fingerprint density at radius 3 is 2.27 bits per heavy atom. The van der Waals surface area contributed by atoms with Crippen LogP contribution in [0.5, 0.6) is 0 Å². The lowest BCUT2D eigenvalue weighted by Gasteiger charge is -2.62. The number of anilines is 1. The van der Waals surface area contributed by atoms with Crippen LogP contribution in [0, 0.1) is 40.0 Å². The SMILES string of the molecule is CC(O)C12CC3CC(C1)C(N(C#N)C(=N)C(C)(C)N1CCN(c4ccc(C(F)(F)F)cn4)CC1)C(C3)C2. The Labute approximate surface area is 216 Å². The summed E-state index contributed by atoms with van der Waals surface area (Å²) in [5.41, 5.74) is -1.47. The van der Waals surface area contributed by atoms with E-state index in [0.29, 0.717) is 55.6 Å². The molecule has 1 aromatic rings. The van der Waals surface area contributed by atoms with E-state index in [2.05, 4.69) is 16.1 Å². The summed E-state index contributed by atoms with van der Waals surface area (Å²) in [5.74, 6) is 2.07. The summed E-state index contributed by atoms with van der Waals surface area (Å²) in [7, 11) is 0. The number of aliphatic hydroxyl groups excluding tert-OH is 1. The van der Waals surface area contributed by atoms with Crippen molar-refractivity contribution in [1.82, 2.24) is 14.8 Å². The first-order valence-electron chi connectivity index (χ1n) is 13.3. The number of rotatable bonds is 5. The number of nitriles is 1. The number of nitrogens with zero attached hydrogens (tertiary/aromatic N) is 5. The van der Waals surface area contributed by atoms with Gasteiger partial charge >= 0.3 is 6.18 Å². The Kier molecular flexibility index (Phi) is 6.47. The standard InChI is InChI=1S/C27H37F3N6O/c1-17(37)26-12-18-10-19(13-26)23(20(11-18)14-26)36(16-31)24(32)25(2,3)35-8-6-34(7-9-35)22-5-4-21(15-33-22)27(28,29)30/h4-5,15,17-20,23,32,37H,6-14H2,1-3H3. The monoisotopic (exact) mass is 518 g/mol. The maximum atomic E-state index is 12.9. The van der Waals surface area contributed by atoms with Crippen molar-refractivity contribution in [2.75, 3.05) is 31.1 Å². The fraction of sp³-hybridized carbons (Fsp3) is 0.741. The van der Waals surface area contributed by atoms with E-state index in [-0.39, 0.29) is 17.6 Å². The molecule has 0 aromatic carbocycles. The average molecular weight is 519 g/mol. The summed E-state index contributed by atoms with van der Waals surface area (Å²) in [6.45, 7) is 8.27. The number of aromatic nitrogens is 1. The van der Waals surface area contributed by atoms with Gasteiger partial charge in [0.2, 0.25) is 0 Å². The van der Waals surface area contributed by atoms with Crippen LogP contribution >= 0.6 is 0 Å². The molecular formula is C27H37F3N6O. The Morgan fingerprint density at radius 2 is 1.78 bits per heavy atom. The second kappa shape index (κ2) is 9.12. The van der Waals surface area contributed by atoms with Gasteiger partial charge in [0.05, 0.1) is 23.2 Å². The van der Waals surface area contributed by atoms with Crippen LogP contribution in [0.4, 0.5) is 19.0 Å². The van der Waals surface area contributed by atoms with E-state index in [1.54, 1.807) is 4.90 Å². The first kappa shape index (κ1) is 26.2. The molecule has 7 nitrogen and oxygen atoms in total. The smallest absolute Gasteiger partial charge is 0.393 e. The van der Waals surface area contributed by atoms with Gasteiger partial charge in [-0.1, -0.05) is 0 Å². The molecule has 5 fully saturated rings. The number of piperazine rings is 1. The van der Waals surface area contributed by atoms with Crippen molar-refractivity contribution < 1.29 is 18.3 Å². The topological polar surface area (TPSA) is 90.5 Å². The van der Waals surface area contributed by atoms with Gasteiger partial charge in [-0.2, -0.15) is 18.4 Å². The summed E-state index contributed by atoms with van der Waals surface area (Å²) in [5, 5.41) is 30.0. The van der Waals surface area contributed by atoms with Gasteiger partial charge in [0.15, 0.2) is 6.19 Å². The summed E-state index contributed by atoms with van der Waals surface area (Å²) in [6.07, 6.45) is 3.57. The molecule has 0 spiro atoms. The zero-order chi connectivity index (χ0) is 26.8. The molecule has 37 heavy (non-hydrogen) atoms. The minimum absolute atomic E-state index is 0.0119. The van der Waals surface area contributed by atoms with Crippen molar-refractivity contribution >= 4 is 11.7 Å². The van der Waals surface area contributed by atoms with Crippen LogP contribution in [0.3, 0.4) is 0 Å². The predicted molar refractivity (Wildman–Crippen MR) is 134 cm³/mol. The van der Waals surface area contributed by atoms with Gasteiger partial charge in [0, 0.05) is 32.4 Å². The molecule has 3 unspecified atom stereocenters. The fourth-order valence-electron chi connectivity index (χ4n) is 7.94. The highest BCUT2D eigenvalue weighted by Gasteiger charge is 2.59. The molecule has 1 aliphatic heterocycles. The van der Waals surface area contributed by atoms with Crippen molar-refractivity contribution in [3.8, 4) is 6.19 Å². The highest BCUT2D eigenvalue weighted by Crippen LogP contribution is 2.62. The highest BCUT2D eigenvalue weighted by molar-refractivity contribution is 5.89. The van der Waals surface area contributed by atoms with E-state index < -0.39 is 17.3 Å². The van der Waals surface area contributed by atoms with Crippen molar-refractivity contribution in [2.24, 2.45) is 23.2 Å². The first-order valence-corrected chi connectivity index (χ1v) is 13.3. The van der Waals surface area contributed by atoms with E-state index in [4.69, 9.17) is 0 Å². The number of aliphatic hydroxyl groups is 1. The zero-order valence-electron chi connectivity index (χ0n) is 21.8. The number of nitrogens with one attached hydrogen (secondary N) is 1. The van der Waals surface area contributed by atoms with Gasteiger partial charge in [0.1, 0.15) is 11.7 Å². The number of halogens is 3. The average Bonchev–Trinajstić information content (AvgIpc) is 2.85. The van der Waals surface area contributed by atoms with Crippen molar-refractivity contribution in [1.29, 1.82) is 10.7 Å². The van der Waals surface area contributed by atoms with E-state index in [0.717, 1.165) is 44.4 Å². The normalized spacial score (nSPS) is 32.8. The molecule has 0 amide bonds. The number of hydrogen-bond acceptors (Lipinski definition) is 6. The second-order valence-electron chi connectivity index (χ2n) is 12.3. The summed E-state index contributed by atoms with van der Waals surface area (Å²) >= 11 is 0. The Bertz CT molecular complexity index is 1040. The third kappa shape index (κ3) is 4.48. The van der Waals surface area contributed by atoms with Gasteiger partial charge in [-0.25, -0.2) is 4.98 Å². The van der Waals surface area contributed by atoms with E-state index in [9.17, 15) is 28.9 Å². The predicted octanol–water partition coefficient (Wildman–Crippen LogP) is 4.34. The molecule has 5 aliphatic rings. The van der Waals surface area contributed by atoms with Crippen LogP contribution in [0.25, 0.3) is 0 Å². The van der Waals surface area contributed by atoms with Crippen LogP contribution in [-0.2, 0) is 6.18 Å². The molecule has 1 saturated heterocycles. The quantitative estimate of drug-likeness (QED) is 0.261. The van der Waals surface area contributed by atoms with E-state index in [1.165, 1.54) is 6.07 Å². The van der Waals surface area contributed by atoms with Crippen LogP contribution in [0.15, 0.2) is 18.3 Å². The zero-order valence-corrected chi connectivity index (χ0v) is 21.8. The molecule has 6 rings (SSSR count). The molecule has 202 valence electrons. The van der Waals surface area contributed by atoms with Gasteiger partial charge in [-0.3, -0.25) is 15.2 Å². The first-order chi connectivity index (χ1) is 17.4. The summed E-state index contributed by atoms with van der Waals surface area (Å²) in [4.78, 5) is 9.86. The molecule has 3 atom stereocenters. The van der Waals surface area contributed by atoms with Gasteiger partial charge < -0.3 is 10.0 Å². The van der Waals surface area contributed by atoms with Gasteiger partial charge in [0.25, 0.3) is 0 Å². The molecule has 1 aromatic heterocycles. The molecular weight excluding hydrogens is 481 g/mol. The molecule has 4 aliphatic carbocycles. The third-order valence-corrected chi connectivity index (χ3v) is 9.85. The lowest BCUT2D eigenvalue weighted by Crippen LogP contribution is -2.66. The van der Waals surface area contributed by atoms with Crippen LogP contribution in [0.1, 0.15) is 58.4 Å². The lowest BCUT2D eigenvalue weighted by atomic mass is 9.46. The number of amidine groups is 1. The van der Waals surface area contributed by atoms with Crippen LogP contribution in [-0.4, -0.2) is 69.6 Å². The Hall–Kier alpha value is -2.38. The van der Waals surface area contributed by atoms with E-state index in [1.807, 2.05) is 25.7 Å². The summed E-state index contributed by atoms with van der Waals surface area (Å²) in [6, 6.07) is 2.49. The van der Waals surface area contributed by atoms with Crippen molar-refractivity contribution in [2.45, 2.75) is 76.7 Å². The van der Waals surface area contributed by atoms with Crippen molar-refractivity contribution in [3.05, 3.63) is 23.9 Å². The van der Waals surface area contributed by atoms with Gasteiger partial charge in [-0.15, -0.1) is 0 Å². The fourth-order valence-corrected chi connectivity index (χ4v) is 7.94. The Morgan fingerprint density at radius 1 is 1.16 bits per heavy atom. The minimum atomic E-state index is -4.41. The molecule has 2 N–H and O–H groups in total. The van der Waals surface area contributed by atoms with Crippen LogP contribution < -0.4 is 4.90 Å². The maximum absolute atomic E-state index is 12.9. The van der Waals surface area contributed by atoms with Crippen molar-refractivity contribution in [3.63, 3.8) is 0 Å². The number of pyridine rings is 1. The Balaban J connectivity index is 1.26. The summed E-state index contributed by atoms with van der Waals surface area (Å²) < 4.78 is 38.6. The number of hydrogen-bond donors (Lipinski definition) is 2.